The number of amides is 4. The molecule has 4 N–H and O–H groups in total. The maximum Gasteiger partial charge on any atom is 0.264 e. The minimum absolute atomic E-state index is 0.0582. The summed E-state index contributed by atoms with van der Waals surface area (Å²) >= 11 is 6.51. The molecule has 0 spiro atoms. The van der Waals surface area contributed by atoms with Crippen molar-refractivity contribution in [1.29, 1.82) is 0 Å². The van der Waals surface area contributed by atoms with Gasteiger partial charge in [-0.1, -0.05) is 29.8 Å². The summed E-state index contributed by atoms with van der Waals surface area (Å²) in [7, 11) is -3.58. The maximum absolute atomic E-state index is 13.2. The number of nitrogens with one attached hydrogen (secondary N) is 4. The van der Waals surface area contributed by atoms with E-state index >= 15 is 0 Å². The highest BCUT2D eigenvalue weighted by molar-refractivity contribution is 7.92. The molecule has 0 bridgehead atoms. The third kappa shape index (κ3) is 15.2. The molecule has 20 nitrogen and oxygen atoms in total. The minimum atomic E-state index is -3.58. The maximum atomic E-state index is 13.2. The Morgan fingerprint density at radius 2 is 1.40 bits per heavy atom. The van der Waals surface area contributed by atoms with Gasteiger partial charge in [-0.3, -0.25) is 29.4 Å². The van der Waals surface area contributed by atoms with Crippen molar-refractivity contribution >= 4 is 73.9 Å². The van der Waals surface area contributed by atoms with Crippen molar-refractivity contribution in [2.45, 2.75) is 88.5 Å². The van der Waals surface area contributed by atoms with Gasteiger partial charge < -0.3 is 49.3 Å². The van der Waals surface area contributed by atoms with Crippen molar-refractivity contribution in [3.8, 4) is 5.75 Å². The number of para-hydroxylation sites is 1. The summed E-state index contributed by atoms with van der Waals surface area (Å²) in [5, 5.41) is 11.4. The monoisotopic (exact) mass is 1080 g/mol. The summed E-state index contributed by atoms with van der Waals surface area (Å²) in [6, 6.07) is 14.8. The van der Waals surface area contributed by atoms with E-state index in [-0.39, 0.29) is 51.8 Å². The Labute approximate surface area is 443 Å². The fourth-order valence-electron chi connectivity index (χ4n) is 8.99. The SMILES string of the molecule is Cc1cc(Nc2ncc(Cl)c(Nc3ccccc3S(=O)(=O)C(C)C)n2)c(OC(C)C)cc1C1CCN(CCOCCOCCOCCOCCOCCNc2cccc3c2C(=O)N(C2CCC(=O)NC2=O)C3=O)CC1. The predicted molar refractivity (Wildman–Crippen MR) is 283 cm³/mol. The summed E-state index contributed by atoms with van der Waals surface area (Å²) in [5.41, 5.74) is 4.34. The van der Waals surface area contributed by atoms with Gasteiger partial charge in [0.2, 0.25) is 17.8 Å². The quantitative estimate of drug-likeness (QED) is 0.0328. The van der Waals surface area contributed by atoms with Crippen LogP contribution in [0, 0.1) is 6.92 Å². The highest BCUT2D eigenvalue weighted by atomic mass is 35.5. The van der Waals surface area contributed by atoms with Crippen LogP contribution >= 0.6 is 11.6 Å². The summed E-state index contributed by atoms with van der Waals surface area (Å²) in [4.78, 5) is 62.8. The number of halogens is 1. The number of hydrogen-bond donors (Lipinski definition) is 4. The molecular formula is C53H69ClN8O12S. The number of piperidine rings is 2. The first-order valence-electron chi connectivity index (χ1n) is 25.5. The van der Waals surface area contributed by atoms with Gasteiger partial charge in [-0.05, 0) is 120 Å². The molecule has 2 fully saturated rings. The third-order valence-electron chi connectivity index (χ3n) is 12.9. The lowest BCUT2D eigenvalue weighted by Crippen LogP contribution is -2.54. The van der Waals surface area contributed by atoms with Gasteiger partial charge in [-0.2, -0.15) is 4.98 Å². The van der Waals surface area contributed by atoms with E-state index in [2.05, 4.69) is 55.2 Å². The molecule has 1 aromatic heterocycles. The minimum Gasteiger partial charge on any atom is -0.489 e. The molecule has 4 aromatic rings. The number of aromatic nitrogens is 2. The first-order chi connectivity index (χ1) is 36.1. The third-order valence-corrected chi connectivity index (χ3v) is 15.4. The Bertz CT molecular complexity index is 2740. The van der Waals surface area contributed by atoms with Crippen LogP contribution in [0.15, 0.2) is 65.7 Å². The standard InChI is InChI=1S/C53H69ClN8O12S/c1-34(2)74-45-32-39(36(5)31-43(45)58-53-56-33-40(54)49(60-53)57-41-10-6-7-12-46(41)75(67,68)35(3)4)37-15-18-61(19-16-37)20-22-70-24-26-72-28-30-73-29-27-71-25-23-69-21-17-55-42-11-8-9-38-48(42)52(66)62(51(38)65)44-13-14-47(63)59-50(44)64/h6-12,31-35,37,44,55H,13-30H2,1-5H3,(H,59,63,64)(H2,56,57,58,60). The molecule has 2 saturated heterocycles. The van der Waals surface area contributed by atoms with Crippen LogP contribution in [0.4, 0.5) is 28.8 Å². The normalized spacial score (nSPS) is 16.5. The van der Waals surface area contributed by atoms with E-state index < -0.39 is 44.8 Å². The number of carbonyl (C=O) groups excluding carboxylic acids is 4. The average Bonchev–Trinajstić information content (AvgIpc) is 3.65. The molecule has 0 aliphatic carbocycles. The van der Waals surface area contributed by atoms with Gasteiger partial charge in [0.05, 0.1) is 111 Å². The van der Waals surface area contributed by atoms with E-state index in [4.69, 9.17) is 40.0 Å². The van der Waals surface area contributed by atoms with Crippen LogP contribution in [0.25, 0.3) is 0 Å². The smallest absolute Gasteiger partial charge is 0.264 e. The van der Waals surface area contributed by atoms with E-state index in [0.717, 1.165) is 42.9 Å². The average molecular weight is 1080 g/mol. The molecule has 75 heavy (non-hydrogen) atoms. The summed E-state index contributed by atoms with van der Waals surface area (Å²) in [6.45, 7) is 16.9. The second-order valence-electron chi connectivity index (χ2n) is 18.9. The van der Waals surface area contributed by atoms with Crippen molar-refractivity contribution in [3.63, 3.8) is 0 Å². The number of likely N-dealkylation sites (tertiary alicyclic amines) is 1. The van der Waals surface area contributed by atoms with E-state index in [1.54, 1.807) is 56.3 Å². The van der Waals surface area contributed by atoms with Gasteiger partial charge in [-0.25, -0.2) is 13.4 Å². The molecule has 1 atom stereocenters. The number of benzene rings is 3. The molecule has 7 rings (SSSR count). The van der Waals surface area contributed by atoms with E-state index in [1.165, 1.54) is 11.8 Å². The molecule has 22 heteroatoms. The van der Waals surface area contributed by atoms with Gasteiger partial charge in [0.1, 0.15) is 16.8 Å². The molecule has 406 valence electrons. The highest BCUT2D eigenvalue weighted by Gasteiger charge is 2.45. The van der Waals surface area contributed by atoms with Gasteiger partial charge in [0.15, 0.2) is 15.7 Å². The van der Waals surface area contributed by atoms with Crippen LogP contribution in [-0.4, -0.2) is 161 Å². The molecule has 4 amide bonds. The first kappa shape index (κ1) is 56.9. The zero-order valence-corrected chi connectivity index (χ0v) is 44.9. The van der Waals surface area contributed by atoms with Gasteiger partial charge in [0.25, 0.3) is 11.8 Å². The van der Waals surface area contributed by atoms with Crippen molar-refractivity contribution in [2.24, 2.45) is 0 Å². The molecule has 3 aliphatic rings. The van der Waals surface area contributed by atoms with Crippen LogP contribution in [0.2, 0.25) is 5.02 Å². The van der Waals surface area contributed by atoms with Gasteiger partial charge in [0, 0.05) is 25.2 Å². The Morgan fingerprint density at radius 3 is 2.05 bits per heavy atom. The number of fused-ring (bicyclic) bond motifs is 1. The number of ether oxygens (including phenoxy) is 6. The highest BCUT2D eigenvalue weighted by Crippen LogP contribution is 2.39. The van der Waals surface area contributed by atoms with Crippen LogP contribution in [0.5, 0.6) is 5.75 Å². The Morgan fingerprint density at radius 1 is 0.760 bits per heavy atom. The first-order valence-corrected chi connectivity index (χ1v) is 27.4. The Hall–Kier alpha value is -5.78. The molecule has 0 saturated carbocycles. The van der Waals surface area contributed by atoms with Gasteiger partial charge >= 0.3 is 0 Å². The summed E-state index contributed by atoms with van der Waals surface area (Å²) < 4.78 is 60.9. The number of nitrogens with zero attached hydrogens (tertiary/aromatic N) is 4. The summed E-state index contributed by atoms with van der Waals surface area (Å²) in [5.74, 6) is -0.601. The number of rotatable bonds is 29. The number of anilines is 5. The van der Waals surface area contributed by atoms with Crippen molar-refractivity contribution < 1.29 is 56.0 Å². The number of aryl methyl sites for hydroxylation is 1. The second kappa shape index (κ2) is 27.3. The van der Waals surface area contributed by atoms with Crippen molar-refractivity contribution in [2.75, 3.05) is 108 Å². The zero-order valence-electron chi connectivity index (χ0n) is 43.3. The topological polar surface area (TPSA) is 238 Å². The number of hydrogen-bond acceptors (Lipinski definition) is 18. The molecule has 3 aliphatic heterocycles. The van der Waals surface area contributed by atoms with Crippen LogP contribution in [0.1, 0.15) is 91.1 Å². The van der Waals surface area contributed by atoms with Crippen molar-refractivity contribution in [3.05, 3.63) is 88.1 Å². The molecular weight excluding hydrogens is 1010 g/mol. The molecule has 4 heterocycles. The lowest BCUT2D eigenvalue weighted by molar-refractivity contribution is -0.136. The van der Waals surface area contributed by atoms with Crippen LogP contribution < -0.4 is 26.0 Å². The van der Waals surface area contributed by atoms with E-state index in [0.29, 0.717) is 101 Å². The fourth-order valence-corrected chi connectivity index (χ4v) is 10.3. The molecule has 3 aromatic carbocycles. The predicted octanol–water partition coefficient (Wildman–Crippen LogP) is 6.67. The lowest BCUT2D eigenvalue weighted by Gasteiger charge is -2.33. The Balaban J connectivity index is 0.722. The summed E-state index contributed by atoms with van der Waals surface area (Å²) in [6.07, 6.45) is 3.55. The number of carbonyl (C=O) groups is 4. The lowest BCUT2D eigenvalue weighted by atomic mass is 9.86. The van der Waals surface area contributed by atoms with Crippen LogP contribution in [-0.2, 0) is 43.1 Å². The molecule has 1 unspecified atom stereocenters. The Kier molecular flexibility index (Phi) is 20.7. The van der Waals surface area contributed by atoms with Crippen molar-refractivity contribution in [1.82, 2.24) is 25.1 Å². The molecule has 0 radical (unpaired) electrons. The van der Waals surface area contributed by atoms with Gasteiger partial charge in [-0.15, -0.1) is 0 Å². The largest absolute Gasteiger partial charge is 0.489 e. The van der Waals surface area contributed by atoms with E-state index in [9.17, 15) is 27.6 Å². The van der Waals surface area contributed by atoms with E-state index in [1.807, 2.05) is 13.8 Å². The zero-order chi connectivity index (χ0) is 53.5. The fraction of sp³-hybridized carbons (Fsp3) is 0.509. The number of imide groups is 2. The second-order valence-corrected chi connectivity index (χ2v) is 21.8. The number of sulfone groups is 1. The van der Waals surface area contributed by atoms with Crippen LogP contribution in [0.3, 0.4) is 0 Å².